The van der Waals surface area contributed by atoms with Crippen molar-refractivity contribution in [2.45, 2.75) is 56.7 Å². The van der Waals surface area contributed by atoms with Crippen molar-refractivity contribution in [2.24, 2.45) is 0 Å². The van der Waals surface area contributed by atoms with Crippen molar-refractivity contribution >= 4 is 0 Å². The van der Waals surface area contributed by atoms with Crippen LogP contribution in [-0.2, 0) is 6.54 Å². The van der Waals surface area contributed by atoms with E-state index in [2.05, 4.69) is 31.9 Å². The second-order valence-electron chi connectivity index (χ2n) is 8.31. The molecule has 4 rings (SSSR count). The van der Waals surface area contributed by atoms with Crippen molar-refractivity contribution in [1.82, 2.24) is 24.9 Å². The van der Waals surface area contributed by atoms with E-state index in [1.807, 2.05) is 6.20 Å². The SMILES string of the molecule is CN1CCN([C@H]2CN(Cc3cn[nH]c3C3CCCCC3)C[C@@H]2O)CC1. The first-order valence-electron chi connectivity index (χ1n) is 10.1. The van der Waals surface area contributed by atoms with Crippen LogP contribution in [0.25, 0.3) is 0 Å². The summed E-state index contributed by atoms with van der Waals surface area (Å²) < 4.78 is 0. The smallest absolute Gasteiger partial charge is 0.0834 e. The van der Waals surface area contributed by atoms with E-state index in [1.165, 1.54) is 43.4 Å². The minimum atomic E-state index is -0.228. The number of likely N-dealkylation sites (N-methyl/N-ethyl adjacent to an activating group) is 1. The Hall–Kier alpha value is -0.950. The Morgan fingerprint density at radius 3 is 2.64 bits per heavy atom. The molecule has 0 unspecified atom stereocenters. The van der Waals surface area contributed by atoms with Crippen LogP contribution >= 0.6 is 0 Å². The maximum atomic E-state index is 10.6. The fourth-order valence-electron chi connectivity index (χ4n) is 4.92. The van der Waals surface area contributed by atoms with Crippen molar-refractivity contribution < 1.29 is 5.11 Å². The summed E-state index contributed by atoms with van der Waals surface area (Å²) in [6, 6.07) is 0.290. The minimum Gasteiger partial charge on any atom is -0.390 e. The number of aromatic amines is 1. The molecule has 6 heteroatoms. The number of piperazine rings is 1. The summed E-state index contributed by atoms with van der Waals surface area (Å²) in [7, 11) is 2.18. The minimum absolute atomic E-state index is 0.228. The predicted molar refractivity (Wildman–Crippen MR) is 98.6 cm³/mol. The van der Waals surface area contributed by atoms with Gasteiger partial charge in [-0.1, -0.05) is 19.3 Å². The number of aliphatic hydroxyl groups is 1. The maximum Gasteiger partial charge on any atom is 0.0834 e. The lowest BCUT2D eigenvalue weighted by Crippen LogP contribution is -2.52. The van der Waals surface area contributed by atoms with E-state index >= 15 is 0 Å². The molecule has 6 nitrogen and oxygen atoms in total. The van der Waals surface area contributed by atoms with Crippen LogP contribution in [-0.4, -0.2) is 88.5 Å². The zero-order valence-corrected chi connectivity index (χ0v) is 15.5. The number of hydrogen-bond donors (Lipinski definition) is 2. The van der Waals surface area contributed by atoms with E-state index in [1.54, 1.807) is 0 Å². The molecule has 0 spiro atoms. The summed E-state index contributed by atoms with van der Waals surface area (Å²) in [6.45, 7) is 7.04. The van der Waals surface area contributed by atoms with Crippen molar-refractivity contribution in [3.8, 4) is 0 Å². The van der Waals surface area contributed by atoms with Crippen LogP contribution in [0, 0.1) is 0 Å². The number of hydrogen-bond acceptors (Lipinski definition) is 5. The topological polar surface area (TPSA) is 58.6 Å². The Morgan fingerprint density at radius 2 is 1.88 bits per heavy atom. The zero-order valence-electron chi connectivity index (χ0n) is 15.5. The molecule has 1 aromatic heterocycles. The highest BCUT2D eigenvalue weighted by Crippen LogP contribution is 2.34. The average molecular weight is 348 g/mol. The summed E-state index contributed by atoms with van der Waals surface area (Å²) in [5.41, 5.74) is 2.70. The quantitative estimate of drug-likeness (QED) is 0.858. The van der Waals surface area contributed by atoms with Crippen LogP contribution in [0.15, 0.2) is 6.20 Å². The van der Waals surface area contributed by atoms with Crippen molar-refractivity contribution in [3.63, 3.8) is 0 Å². The second-order valence-corrected chi connectivity index (χ2v) is 8.31. The Kier molecular flexibility index (Phi) is 5.41. The molecule has 0 radical (unpaired) electrons. The fraction of sp³-hybridized carbons (Fsp3) is 0.842. The maximum absolute atomic E-state index is 10.6. The molecule has 3 heterocycles. The molecule has 3 fully saturated rings. The predicted octanol–water partition coefficient (Wildman–Crippen LogP) is 1.25. The Balaban J connectivity index is 1.37. The summed E-state index contributed by atoms with van der Waals surface area (Å²) in [4.78, 5) is 7.28. The van der Waals surface area contributed by atoms with Crippen LogP contribution in [0.5, 0.6) is 0 Å². The number of aromatic nitrogens is 2. The van der Waals surface area contributed by atoms with Crippen LogP contribution in [0.3, 0.4) is 0 Å². The van der Waals surface area contributed by atoms with E-state index in [9.17, 15) is 5.11 Å². The van der Waals surface area contributed by atoms with E-state index in [0.717, 1.165) is 45.8 Å². The molecule has 25 heavy (non-hydrogen) atoms. The molecule has 0 aromatic carbocycles. The number of nitrogens with one attached hydrogen (secondary N) is 1. The van der Waals surface area contributed by atoms with Gasteiger partial charge in [0.1, 0.15) is 0 Å². The number of likely N-dealkylation sites (tertiary alicyclic amines) is 1. The van der Waals surface area contributed by atoms with Crippen molar-refractivity contribution in [3.05, 3.63) is 17.5 Å². The van der Waals surface area contributed by atoms with Gasteiger partial charge in [0.2, 0.25) is 0 Å². The van der Waals surface area contributed by atoms with Gasteiger partial charge in [-0.05, 0) is 19.9 Å². The molecule has 2 saturated heterocycles. The van der Waals surface area contributed by atoms with E-state index in [4.69, 9.17) is 0 Å². The summed E-state index contributed by atoms with van der Waals surface area (Å²) in [6.07, 6.45) is 8.44. The zero-order chi connectivity index (χ0) is 17.2. The Bertz CT molecular complexity index is 548. The molecule has 140 valence electrons. The first-order valence-corrected chi connectivity index (χ1v) is 10.1. The molecule has 1 saturated carbocycles. The lowest BCUT2D eigenvalue weighted by atomic mass is 9.85. The number of aliphatic hydroxyl groups excluding tert-OH is 1. The third-order valence-corrected chi connectivity index (χ3v) is 6.50. The average Bonchev–Trinajstić information content (AvgIpc) is 3.23. The molecule has 0 amide bonds. The first-order chi connectivity index (χ1) is 12.2. The molecular weight excluding hydrogens is 314 g/mol. The fourth-order valence-corrected chi connectivity index (χ4v) is 4.92. The molecular formula is C19H33N5O. The van der Waals surface area contributed by atoms with E-state index < -0.39 is 0 Å². The normalized spacial score (nSPS) is 31.0. The monoisotopic (exact) mass is 347 g/mol. The van der Waals surface area contributed by atoms with Gasteiger partial charge in [0.25, 0.3) is 0 Å². The molecule has 2 aliphatic heterocycles. The van der Waals surface area contributed by atoms with Gasteiger partial charge >= 0.3 is 0 Å². The number of H-pyrrole nitrogens is 1. The van der Waals surface area contributed by atoms with Gasteiger partial charge in [-0.25, -0.2) is 0 Å². The van der Waals surface area contributed by atoms with Crippen molar-refractivity contribution in [2.75, 3.05) is 46.3 Å². The largest absolute Gasteiger partial charge is 0.390 e. The molecule has 2 N–H and O–H groups in total. The van der Waals surface area contributed by atoms with Gasteiger partial charge in [-0.3, -0.25) is 14.9 Å². The second kappa shape index (κ2) is 7.74. The van der Waals surface area contributed by atoms with Gasteiger partial charge in [-0.15, -0.1) is 0 Å². The van der Waals surface area contributed by atoms with Crippen molar-refractivity contribution in [1.29, 1.82) is 0 Å². The van der Waals surface area contributed by atoms with Gasteiger partial charge < -0.3 is 10.0 Å². The number of β-amino-alcohol motifs (C(OH)–C–C–N with tert-alkyl or cyclic N) is 1. The summed E-state index contributed by atoms with van der Waals surface area (Å²) in [5, 5.41) is 18.2. The van der Waals surface area contributed by atoms with Crippen LogP contribution < -0.4 is 0 Å². The summed E-state index contributed by atoms with van der Waals surface area (Å²) >= 11 is 0. The lowest BCUT2D eigenvalue weighted by Gasteiger charge is -2.37. The van der Waals surface area contributed by atoms with E-state index in [-0.39, 0.29) is 6.10 Å². The highest BCUT2D eigenvalue weighted by Gasteiger charge is 2.36. The van der Waals surface area contributed by atoms with Gasteiger partial charge in [0.05, 0.1) is 12.3 Å². The first kappa shape index (κ1) is 17.5. The highest BCUT2D eigenvalue weighted by atomic mass is 16.3. The van der Waals surface area contributed by atoms with Crippen LogP contribution in [0.4, 0.5) is 0 Å². The molecule has 0 bridgehead atoms. The van der Waals surface area contributed by atoms with Gasteiger partial charge in [-0.2, -0.15) is 5.10 Å². The summed E-state index contributed by atoms with van der Waals surface area (Å²) in [5.74, 6) is 0.659. The van der Waals surface area contributed by atoms with Gasteiger partial charge in [0, 0.05) is 69.0 Å². The highest BCUT2D eigenvalue weighted by molar-refractivity contribution is 5.21. The molecule has 1 aliphatic carbocycles. The van der Waals surface area contributed by atoms with Crippen LogP contribution in [0.2, 0.25) is 0 Å². The standard InChI is InChI=1S/C19H33N5O/c1-22-7-9-24(10-8-22)17-13-23(14-18(17)25)12-16-11-20-21-19(16)15-5-3-2-4-6-15/h11,15,17-18,25H,2-10,12-14H2,1H3,(H,20,21)/t17-,18-/m0/s1. The number of rotatable bonds is 4. The lowest BCUT2D eigenvalue weighted by molar-refractivity contribution is 0.0512. The molecule has 3 aliphatic rings. The Labute approximate surface area is 151 Å². The van der Waals surface area contributed by atoms with E-state index in [0.29, 0.717) is 12.0 Å². The van der Waals surface area contributed by atoms with Gasteiger partial charge in [0.15, 0.2) is 0 Å². The third kappa shape index (κ3) is 3.92. The number of nitrogens with zero attached hydrogens (tertiary/aromatic N) is 4. The van der Waals surface area contributed by atoms with Crippen LogP contribution in [0.1, 0.15) is 49.3 Å². The molecule has 2 atom stereocenters. The Morgan fingerprint density at radius 1 is 1.12 bits per heavy atom. The molecule has 1 aromatic rings. The third-order valence-electron chi connectivity index (χ3n) is 6.50.